The molecule has 170 valence electrons. The molecule has 0 spiro atoms. The summed E-state index contributed by atoms with van der Waals surface area (Å²) in [5, 5.41) is 0. The molecule has 33 heavy (non-hydrogen) atoms. The minimum absolute atomic E-state index is 0.0606. The first kappa shape index (κ1) is 22.7. The molecule has 4 rings (SSSR count). The summed E-state index contributed by atoms with van der Waals surface area (Å²) < 4.78 is 5.10. The van der Waals surface area contributed by atoms with Gasteiger partial charge in [-0.1, -0.05) is 91.0 Å². The number of nitrogens with zero attached hydrogens (tertiary/aromatic N) is 2. The van der Waals surface area contributed by atoms with Gasteiger partial charge >= 0.3 is 5.97 Å². The zero-order valence-electron chi connectivity index (χ0n) is 19.1. The molecule has 1 aliphatic rings. The van der Waals surface area contributed by atoms with Crippen molar-refractivity contribution in [2.45, 2.75) is 31.0 Å². The van der Waals surface area contributed by atoms with Crippen molar-refractivity contribution >= 4 is 11.9 Å². The number of methoxy groups -OCH3 is 1. The Morgan fingerprint density at radius 3 is 1.94 bits per heavy atom. The fourth-order valence-corrected chi connectivity index (χ4v) is 4.67. The highest BCUT2D eigenvalue weighted by Crippen LogP contribution is 2.32. The molecule has 0 aliphatic carbocycles. The number of esters is 1. The van der Waals surface area contributed by atoms with Crippen molar-refractivity contribution in [2.24, 2.45) is 0 Å². The van der Waals surface area contributed by atoms with E-state index in [4.69, 9.17) is 4.74 Å². The number of hydrogen-bond acceptors (Lipinski definition) is 4. The average Bonchev–Trinajstić information content (AvgIpc) is 3.31. The molecule has 1 fully saturated rings. The molecule has 1 aliphatic heterocycles. The van der Waals surface area contributed by atoms with Crippen molar-refractivity contribution in [3.8, 4) is 0 Å². The molecule has 0 bridgehead atoms. The fraction of sp³-hybridized carbons (Fsp3) is 0.286. The highest BCUT2D eigenvalue weighted by molar-refractivity contribution is 5.91. The van der Waals surface area contributed by atoms with Crippen LogP contribution in [0.15, 0.2) is 91.0 Å². The quantitative estimate of drug-likeness (QED) is 0.517. The maximum absolute atomic E-state index is 14.0. The molecular weight excluding hydrogens is 412 g/mol. The summed E-state index contributed by atoms with van der Waals surface area (Å²) in [6.45, 7) is 1.24. The van der Waals surface area contributed by atoms with E-state index in [-0.39, 0.29) is 17.9 Å². The predicted octanol–water partition coefficient (Wildman–Crippen LogP) is 4.09. The summed E-state index contributed by atoms with van der Waals surface area (Å²) in [4.78, 5) is 30.7. The van der Waals surface area contributed by atoms with Crippen LogP contribution in [0.3, 0.4) is 0 Å². The van der Waals surface area contributed by atoms with Gasteiger partial charge in [-0.3, -0.25) is 9.69 Å². The van der Waals surface area contributed by atoms with Crippen LogP contribution in [0.4, 0.5) is 0 Å². The van der Waals surface area contributed by atoms with E-state index in [1.54, 1.807) is 4.90 Å². The highest BCUT2D eigenvalue weighted by Gasteiger charge is 2.44. The maximum Gasteiger partial charge on any atom is 0.328 e. The Balaban J connectivity index is 1.62. The lowest BCUT2D eigenvalue weighted by molar-refractivity contribution is -0.151. The Morgan fingerprint density at radius 1 is 0.909 bits per heavy atom. The van der Waals surface area contributed by atoms with Crippen LogP contribution in [0.5, 0.6) is 0 Å². The molecule has 1 saturated heterocycles. The first-order chi connectivity index (χ1) is 16.1. The average molecular weight is 443 g/mol. The molecular formula is C28H30N2O3. The zero-order valence-corrected chi connectivity index (χ0v) is 19.1. The van der Waals surface area contributed by atoms with Crippen LogP contribution < -0.4 is 0 Å². The Bertz CT molecular complexity index is 1020. The number of likely N-dealkylation sites (tertiary alicyclic amines) is 1. The second-order valence-corrected chi connectivity index (χ2v) is 8.57. The molecule has 0 saturated carbocycles. The van der Waals surface area contributed by atoms with E-state index in [0.29, 0.717) is 13.0 Å². The van der Waals surface area contributed by atoms with E-state index in [1.807, 2.05) is 85.9 Å². The van der Waals surface area contributed by atoms with Gasteiger partial charge in [0.15, 0.2) is 0 Å². The standard InChI is InChI=1S/C28H30N2O3/c1-29(19-21-12-6-3-7-13-21)24-18-25(28(32)33-2)30(20-24)27(31)26(22-14-8-4-9-15-22)23-16-10-5-11-17-23/h3-17,24-26H,18-20H2,1-2H3. The fourth-order valence-electron chi connectivity index (χ4n) is 4.67. The lowest BCUT2D eigenvalue weighted by Crippen LogP contribution is -2.44. The van der Waals surface area contributed by atoms with E-state index in [0.717, 1.165) is 17.7 Å². The van der Waals surface area contributed by atoms with E-state index in [2.05, 4.69) is 17.0 Å². The Morgan fingerprint density at radius 2 is 1.42 bits per heavy atom. The van der Waals surface area contributed by atoms with Crippen LogP contribution in [-0.2, 0) is 20.9 Å². The normalized spacial score (nSPS) is 18.0. The van der Waals surface area contributed by atoms with Crippen molar-refractivity contribution in [3.63, 3.8) is 0 Å². The van der Waals surface area contributed by atoms with Gasteiger partial charge in [0.2, 0.25) is 5.91 Å². The first-order valence-electron chi connectivity index (χ1n) is 11.3. The summed E-state index contributed by atoms with van der Waals surface area (Å²) >= 11 is 0. The van der Waals surface area contributed by atoms with Crippen LogP contribution in [0.2, 0.25) is 0 Å². The van der Waals surface area contributed by atoms with Crippen molar-refractivity contribution in [1.29, 1.82) is 0 Å². The molecule has 1 amide bonds. The summed E-state index contributed by atoms with van der Waals surface area (Å²) in [5.74, 6) is -0.907. The molecule has 0 radical (unpaired) electrons. The third kappa shape index (κ3) is 5.15. The number of benzene rings is 3. The minimum atomic E-state index is -0.597. The number of amides is 1. The van der Waals surface area contributed by atoms with Crippen molar-refractivity contribution in [2.75, 3.05) is 20.7 Å². The number of likely N-dealkylation sites (N-methyl/N-ethyl adjacent to an activating group) is 1. The van der Waals surface area contributed by atoms with E-state index in [1.165, 1.54) is 12.7 Å². The Labute approximate surface area is 195 Å². The number of rotatable bonds is 7. The van der Waals surface area contributed by atoms with Gasteiger partial charge in [-0.15, -0.1) is 0 Å². The second-order valence-electron chi connectivity index (χ2n) is 8.57. The van der Waals surface area contributed by atoms with E-state index in [9.17, 15) is 9.59 Å². The molecule has 2 atom stereocenters. The topological polar surface area (TPSA) is 49.9 Å². The molecule has 3 aromatic rings. The van der Waals surface area contributed by atoms with Crippen LogP contribution in [0, 0.1) is 0 Å². The van der Waals surface area contributed by atoms with Gasteiger partial charge in [-0.2, -0.15) is 0 Å². The maximum atomic E-state index is 14.0. The van der Waals surface area contributed by atoms with E-state index < -0.39 is 12.0 Å². The van der Waals surface area contributed by atoms with Crippen molar-refractivity contribution in [1.82, 2.24) is 9.80 Å². The molecule has 5 nitrogen and oxygen atoms in total. The van der Waals surface area contributed by atoms with Gasteiger partial charge in [0.05, 0.1) is 13.0 Å². The predicted molar refractivity (Wildman–Crippen MR) is 129 cm³/mol. The van der Waals surface area contributed by atoms with E-state index >= 15 is 0 Å². The largest absolute Gasteiger partial charge is 0.467 e. The molecule has 2 unspecified atom stereocenters. The molecule has 5 heteroatoms. The first-order valence-corrected chi connectivity index (χ1v) is 11.3. The van der Waals surface area contributed by atoms with Gasteiger partial charge in [0, 0.05) is 19.1 Å². The Kier molecular flexibility index (Phi) is 7.20. The molecule has 0 aromatic heterocycles. The number of ether oxygens (including phenoxy) is 1. The number of carbonyl (C=O) groups excluding carboxylic acids is 2. The van der Waals surface area contributed by atoms with Gasteiger partial charge in [-0.25, -0.2) is 4.79 Å². The van der Waals surface area contributed by atoms with Crippen molar-refractivity contribution in [3.05, 3.63) is 108 Å². The molecule has 1 heterocycles. The summed E-state index contributed by atoms with van der Waals surface area (Å²) in [6, 6.07) is 29.2. The third-order valence-electron chi connectivity index (χ3n) is 6.45. The highest BCUT2D eigenvalue weighted by atomic mass is 16.5. The lowest BCUT2D eigenvalue weighted by atomic mass is 9.90. The van der Waals surface area contributed by atoms with Crippen molar-refractivity contribution < 1.29 is 14.3 Å². The number of carbonyl (C=O) groups is 2. The Hall–Kier alpha value is -3.44. The SMILES string of the molecule is COC(=O)C1CC(N(C)Cc2ccccc2)CN1C(=O)C(c1ccccc1)c1ccccc1. The van der Waals surface area contributed by atoms with Gasteiger partial charge < -0.3 is 9.64 Å². The summed E-state index contributed by atoms with van der Waals surface area (Å²) in [5.41, 5.74) is 3.03. The van der Waals surface area contributed by atoms with Gasteiger partial charge in [0.1, 0.15) is 6.04 Å². The second kappa shape index (κ2) is 10.5. The third-order valence-corrected chi connectivity index (χ3v) is 6.45. The summed E-state index contributed by atoms with van der Waals surface area (Å²) in [7, 11) is 3.43. The zero-order chi connectivity index (χ0) is 23.2. The summed E-state index contributed by atoms with van der Waals surface area (Å²) in [6.07, 6.45) is 0.554. The molecule has 3 aromatic carbocycles. The van der Waals surface area contributed by atoms with Gasteiger partial charge in [0.25, 0.3) is 0 Å². The number of hydrogen-bond donors (Lipinski definition) is 0. The van der Waals surface area contributed by atoms with Crippen LogP contribution in [0.25, 0.3) is 0 Å². The van der Waals surface area contributed by atoms with Gasteiger partial charge in [-0.05, 0) is 30.2 Å². The minimum Gasteiger partial charge on any atom is -0.467 e. The lowest BCUT2D eigenvalue weighted by Gasteiger charge is -2.29. The molecule has 0 N–H and O–H groups in total. The van der Waals surface area contributed by atoms with Crippen LogP contribution in [-0.4, -0.2) is 54.5 Å². The smallest absolute Gasteiger partial charge is 0.328 e. The monoisotopic (exact) mass is 442 g/mol. The van der Waals surface area contributed by atoms with Crippen LogP contribution >= 0.6 is 0 Å². The van der Waals surface area contributed by atoms with Crippen LogP contribution in [0.1, 0.15) is 29.0 Å².